The molecule has 1 aromatic carbocycles. The summed E-state index contributed by atoms with van der Waals surface area (Å²) in [5, 5.41) is 2.93. The van der Waals surface area contributed by atoms with Crippen LogP contribution in [0.1, 0.15) is 28.8 Å². The number of hydrogen-bond acceptors (Lipinski definition) is 4. The van der Waals surface area contributed by atoms with Gasteiger partial charge in [-0.05, 0) is 31.0 Å². The smallest absolute Gasteiger partial charge is 0.255 e. The Labute approximate surface area is 146 Å². The fourth-order valence-electron chi connectivity index (χ4n) is 2.93. The standard InChI is InChI=1S/C19H22FN3O2/c1-21-18-9-8-14(11-22-18)19(24)23-10-4-6-16(12-23)25-13-15-5-2-3-7-17(15)20/h2-3,5,7-9,11,16H,4,6,10,12-13H2,1H3,(H,21,22)/t16-/m0/s1. The van der Waals surface area contributed by atoms with E-state index in [9.17, 15) is 9.18 Å². The number of aromatic nitrogens is 1. The topological polar surface area (TPSA) is 54.5 Å². The number of carbonyl (C=O) groups is 1. The molecule has 2 aromatic rings. The largest absolute Gasteiger partial charge is 0.373 e. The molecule has 1 amide bonds. The molecule has 0 aliphatic carbocycles. The Morgan fingerprint density at radius 1 is 1.36 bits per heavy atom. The number of carbonyl (C=O) groups excluding carboxylic acids is 1. The molecule has 6 heteroatoms. The second-order valence-electron chi connectivity index (χ2n) is 6.10. The van der Waals surface area contributed by atoms with E-state index in [1.54, 1.807) is 48.5 Å². The molecular formula is C19H22FN3O2. The first-order chi connectivity index (χ1) is 12.2. The zero-order chi connectivity index (χ0) is 17.6. The Morgan fingerprint density at radius 3 is 2.92 bits per heavy atom. The van der Waals surface area contributed by atoms with Crippen LogP contribution in [0.25, 0.3) is 0 Å². The van der Waals surface area contributed by atoms with Crippen LogP contribution in [-0.2, 0) is 11.3 Å². The van der Waals surface area contributed by atoms with Crippen LogP contribution >= 0.6 is 0 Å². The van der Waals surface area contributed by atoms with Crippen LogP contribution in [0.5, 0.6) is 0 Å². The number of likely N-dealkylation sites (tertiary alicyclic amines) is 1. The van der Waals surface area contributed by atoms with Crippen molar-refractivity contribution in [2.75, 3.05) is 25.5 Å². The van der Waals surface area contributed by atoms with E-state index in [-0.39, 0.29) is 24.4 Å². The Hall–Kier alpha value is -2.47. The van der Waals surface area contributed by atoms with Crippen molar-refractivity contribution >= 4 is 11.7 Å². The predicted molar refractivity (Wildman–Crippen MR) is 93.9 cm³/mol. The van der Waals surface area contributed by atoms with Crippen LogP contribution in [0, 0.1) is 5.82 Å². The third kappa shape index (κ3) is 4.33. The highest BCUT2D eigenvalue weighted by molar-refractivity contribution is 5.94. The molecule has 132 valence electrons. The summed E-state index contributed by atoms with van der Waals surface area (Å²) in [6.45, 7) is 1.44. The van der Waals surface area contributed by atoms with Gasteiger partial charge in [0.15, 0.2) is 0 Å². The van der Waals surface area contributed by atoms with Gasteiger partial charge in [-0.25, -0.2) is 9.37 Å². The lowest BCUT2D eigenvalue weighted by Crippen LogP contribution is -2.43. The molecule has 0 bridgehead atoms. The molecule has 0 radical (unpaired) electrons. The van der Waals surface area contributed by atoms with E-state index in [0.717, 1.165) is 18.7 Å². The number of nitrogens with zero attached hydrogens (tertiary/aromatic N) is 2. The van der Waals surface area contributed by atoms with Crippen LogP contribution < -0.4 is 5.32 Å². The van der Waals surface area contributed by atoms with Gasteiger partial charge in [-0.3, -0.25) is 4.79 Å². The highest BCUT2D eigenvalue weighted by atomic mass is 19.1. The summed E-state index contributed by atoms with van der Waals surface area (Å²) < 4.78 is 19.5. The third-order valence-corrected chi connectivity index (χ3v) is 4.36. The van der Waals surface area contributed by atoms with Gasteiger partial charge < -0.3 is 15.0 Å². The van der Waals surface area contributed by atoms with Gasteiger partial charge in [0.25, 0.3) is 5.91 Å². The fourth-order valence-corrected chi connectivity index (χ4v) is 2.93. The van der Waals surface area contributed by atoms with E-state index in [4.69, 9.17) is 4.74 Å². The molecule has 3 rings (SSSR count). The summed E-state index contributed by atoms with van der Waals surface area (Å²) in [5.74, 6) is 0.414. The van der Waals surface area contributed by atoms with Gasteiger partial charge in [-0.15, -0.1) is 0 Å². The lowest BCUT2D eigenvalue weighted by molar-refractivity contribution is -0.00762. The van der Waals surface area contributed by atoms with Crippen LogP contribution in [0.2, 0.25) is 0 Å². The first kappa shape index (κ1) is 17.4. The van der Waals surface area contributed by atoms with Gasteiger partial charge in [0.2, 0.25) is 0 Å². The van der Waals surface area contributed by atoms with Gasteiger partial charge in [0.05, 0.1) is 18.3 Å². The molecule has 0 unspecified atom stereocenters. The fraction of sp³-hybridized carbons (Fsp3) is 0.368. The van der Waals surface area contributed by atoms with Crippen molar-refractivity contribution in [3.63, 3.8) is 0 Å². The Kier molecular flexibility index (Phi) is 5.60. The number of benzene rings is 1. The van der Waals surface area contributed by atoms with E-state index >= 15 is 0 Å². The molecule has 1 saturated heterocycles. The summed E-state index contributed by atoms with van der Waals surface area (Å²) in [6.07, 6.45) is 3.24. The molecule has 0 saturated carbocycles. The zero-order valence-corrected chi connectivity index (χ0v) is 14.2. The number of amides is 1. The maximum Gasteiger partial charge on any atom is 0.255 e. The lowest BCUT2D eigenvalue weighted by atomic mass is 10.1. The SMILES string of the molecule is CNc1ccc(C(=O)N2CCC[C@H](OCc3ccccc3F)C2)cn1. The number of nitrogens with one attached hydrogen (secondary N) is 1. The summed E-state index contributed by atoms with van der Waals surface area (Å²) >= 11 is 0. The minimum atomic E-state index is -0.262. The lowest BCUT2D eigenvalue weighted by Gasteiger charge is -2.32. The van der Waals surface area contributed by atoms with Gasteiger partial charge in [-0.2, -0.15) is 0 Å². The van der Waals surface area contributed by atoms with Crippen LogP contribution in [-0.4, -0.2) is 42.0 Å². The quantitative estimate of drug-likeness (QED) is 0.906. The van der Waals surface area contributed by atoms with E-state index in [2.05, 4.69) is 10.3 Å². The van der Waals surface area contributed by atoms with Crippen LogP contribution in [0.3, 0.4) is 0 Å². The molecule has 1 aromatic heterocycles. The van der Waals surface area contributed by atoms with Crippen molar-refractivity contribution in [3.05, 3.63) is 59.5 Å². The van der Waals surface area contributed by atoms with E-state index < -0.39 is 0 Å². The average Bonchev–Trinajstić information content (AvgIpc) is 2.67. The van der Waals surface area contributed by atoms with Crippen molar-refractivity contribution < 1.29 is 13.9 Å². The predicted octanol–water partition coefficient (Wildman–Crippen LogP) is 3.08. The molecule has 1 aliphatic heterocycles. The molecule has 1 atom stereocenters. The Bertz CT molecular complexity index is 721. The van der Waals surface area contributed by atoms with Crippen LogP contribution in [0.4, 0.5) is 10.2 Å². The molecule has 1 aliphatic rings. The van der Waals surface area contributed by atoms with Crippen molar-refractivity contribution in [1.82, 2.24) is 9.88 Å². The molecule has 1 N–H and O–H groups in total. The highest BCUT2D eigenvalue weighted by Crippen LogP contribution is 2.18. The second-order valence-corrected chi connectivity index (χ2v) is 6.10. The number of ether oxygens (including phenoxy) is 1. The van der Waals surface area contributed by atoms with Gasteiger partial charge in [0.1, 0.15) is 11.6 Å². The summed E-state index contributed by atoms with van der Waals surface area (Å²) in [7, 11) is 1.78. The molecule has 25 heavy (non-hydrogen) atoms. The Balaban J connectivity index is 1.58. The number of rotatable bonds is 5. The van der Waals surface area contributed by atoms with E-state index in [1.807, 2.05) is 0 Å². The summed E-state index contributed by atoms with van der Waals surface area (Å²) in [4.78, 5) is 18.6. The molecule has 2 heterocycles. The van der Waals surface area contributed by atoms with E-state index in [0.29, 0.717) is 24.2 Å². The summed E-state index contributed by atoms with van der Waals surface area (Å²) in [6, 6.07) is 10.1. The highest BCUT2D eigenvalue weighted by Gasteiger charge is 2.25. The maximum atomic E-state index is 13.7. The average molecular weight is 343 g/mol. The third-order valence-electron chi connectivity index (χ3n) is 4.36. The first-order valence-electron chi connectivity index (χ1n) is 8.45. The number of pyridine rings is 1. The van der Waals surface area contributed by atoms with Crippen molar-refractivity contribution in [1.29, 1.82) is 0 Å². The van der Waals surface area contributed by atoms with Crippen molar-refractivity contribution in [2.45, 2.75) is 25.6 Å². The number of halogens is 1. The van der Waals surface area contributed by atoms with Crippen molar-refractivity contribution in [2.24, 2.45) is 0 Å². The molecular weight excluding hydrogens is 321 g/mol. The van der Waals surface area contributed by atoms with Crippen molar-refractivity contribution in [3.8, 4) is 0 Å². The van der Waals surface area contributed by atoms with E-state index in [1.165, 1.54) is 6.07 Å². The zero-order valence-electron chi connectivity index (χ0n) is 14.2. The second kappa shape index (κ2) is 8.07. The monoisotopic (exact) mass is 343 g/mol. The first-order valence-corrected chi connectivity index (χ1v) is 8.45. The van der Waals surface area contributed by atoms with Gasteiger partial charge in [0, 0.05) is 31.9 Å². The number of piperidine rings is 1. The molecule has 5 nitrogen and oxygen atoms in total. The van der Waals surface area contributed by atoms with Gasteiger partial charge in [-0.1, -0.05) is 18.2 Å². The van der Waals surface area contributed by atoms with Crippen LogP contribution in [0.15, 0.2) is 42.6 Å². The molecule has 1 fully saturated rings. The van der Waals surface area contributed by atoms with Gasteiger partial charge >= 0.3 is 0 Å². The maximum absolute atomic E-state index is 13.7. The minimum Gasteiger partial charge on any atom is -0.373 e. The normalized spacial score (nSPS) is 17.4. The Morgan fingerprint density at radius 2 is 2.20 bits per heavy atom. The molecule has 0 spiro atoms. The minimum absolute atomic E-state index is 0.0469. The number of hydrogen-bond donors (Lipinski definition) is 1. The summed E-state index contributed by atoms with van der Waals surface area (Å²) in [5.41, 5.74) is 1.10. The number of anilines is 1.